The van der Waals surface area contributed by atoms with E-state index in [0.717, 1.165) is 64.8 Å². The highest BCUT2D eigenvalue weighted by Gasteiger charge is 2.37. The zero-order valence-corrected chi connectivity index (χ0v) is 29.8. The second-order valence-electron chi connectivity index (χ2n) is 10.4. The first-order chi connectivity index (χ1) is 20.8. The van der Waals surface area contributed by atoms with E-state index < -0.39 is 29.8 Å². The Bertz CT molecular complexity index is 598. The van der Waals surface area contributed by atoms with E-state index in [1.807, 2.05) is 0 Å². The first-order valence-electron chi connectivity index (χ1n) is 15.5. The van der Waals surface area contributed by atoms with Crippen molar-refractivity contribution in [3.8, 4) is 0 Å². The summed E-state index contributed by atoms with van der Waals surface area (Å²) in [6.07, 6.45) is 3.42. The van der Waals surface area contributed by atoms with Crippen molar-refractivity contribution in [1.29, 1.82) is 0 Å². The molecule has 43 heavy (non-hydrogen) atoms. The molecule has 0 rings (SSSR count). The van der Waals surface area contributed by atoms with E-state index in [4.69, 9.17) is 41.8 Å². The molecule has 16 heteroatoms. The Morgan fingerprint density at radius 3 is 1.67 bits per heavy atom. The number of aliphatic hydroxyl groups excluding tert-OH is 2. The van der Waals surface area contributed by atoms with Crippen molar-refractivity contribution in [3.63, 3.8) is 0 Å². The van der Waals surface area contributed by atoms with Gasteiger partial charge in [-0.25, -0.2) is 0 Å². The summed E-state index contributed by atoms with van der Waals surface area (Å²) in [5, 5.41) is 27.4. The van der Waals surface area contributed by atoms with Gasteiger partial charge < -0.3 is 62.6 Å². The van der Waals surface area contributed by atoms with Gasteiger partial charge in [-0.1, -0.05) is 6.42 Å². The highest BCUT2D eigenvalue weighted by molar-refractivity contribution is 6.60. The molecule has 0 aliphatic rings. The van der Waals surface area contributed by atoms with Crippen LogP contribution in [0.3, 0.4) is 0 Å². The molecule has 0 bridgehead atoms. The first-order valence-corrected chi connectivity index (χ1v) is 19.3. The highest BCUT2D eigenvalue weighted by atomic mass is 28.4. The molecule has 0 spiro atoms. The van der Waals surface area contributed by atoms with Crippen molar-refractivity contribution in [2.75, 3.05) is 121 Å². The minimum Gasteiger partial charge on any atom is -0.389 e. The van der Waals surface area contributed by atoms with Gasteiger partial charge in [0.15, 0.2) is 0 Å². The third kappa shape index (κ3) is 21.3. The Hall–Kier alpha value is -0.126. The number of aliphatic hydroxyl groups is 2. The van der Waals surface area contributed by atoms with Crippen LogP contribution in [0.5, 0.6) is 0 Å². The fraction of sp³-hybridized carbons (Fsp3) is 1.00. The van der Waals surface area contributed by atoms with Crippen molar-refractivity contribution in [2.45, 2.75) is 56.4 Å². The van der Waals surface area contributed by atoms with Crippen molar-refractivity contribution < 1.29 is 46.2 Å². The van der Waals surface area contributed by atoms with Gasteiger partial charge in [-0.3, -0.25) is 4.90 Å². The Morgan fingerprint density at radius 2 is 1.16 bits per heavy atom. The van der Waals surface area contributed by atoms with Crippen LogP contribution in [0.2, 0.25) is 12.1 Å². The second kappa shape index (κ2) is 28.1. The molecule has 0 amide bonds. The van der Waals surface area contributed by atoms with Crippen LogP contribution in [0.1, 0.15) is 32.1 Å². The second-order valence-corrected chi connectivity index (χ2v) is 16.5. The molecule has 0 aromatic rings. The molecule has 0 saturated carbocycles. The maximum atomic E-state index is 10.6. The smallest absolute Gasteiger partial charge is 0.389 e. The van der Waals surface area contributed by atoms with Crippen LogP contribution >= 0.6 is 0 Å². The molecule has 0 radical (unpaired) electrons. The third-order valence-corrected chi connectivity index (χ3v) is 12.8. The molecule has 0 aromatic carbocycles. The predicted molar refractivity (Wildman–Crippen MR) is 171 cm³/mol. The van der Waals surface area contributed by atoms with Crippen LogP contribution in [0.25, 0.3) is 0 Å². The zero-order valence-electron chi connectivity index (χ0n) is 27.8. The molecule has 2 atom stereocenters. The van der Waals surface area contributed by atoms with E-state index in [1.54, 1.807) is 42.7 Å². The summed E-state index contributed by atoms with van der Waals surface area (Å²) < 4.78 is 43.8. The topological polar surface area (TPSA) is 168 Å². The molecule has 14 nitrogen and oxygen atoms in total. The predicted octanol–water partition coefficient (Wildman–Crippen LogP) is -0.112. The molecular formula is C27H64N4O10Si2. The summed E-state index contributed by atoms with van der Waals surface area (Å²) in [6.45, 7) is 7.36. The molecule has 0 heterocycles. The number of unbranched alkanes of at least 4 members (excludes halogenated alkanes) is 2. The summed E-state index contributed by atoms with van der Waals surface area (Å²) in [6, 6.07) is 1.33. The molecule has 0 fully saturated rings. The number of hydrogen-bond donors (Lipinski definition) is 5. The van der Waals surface area contributed by atoms with Gasteiger partial charge >= 0.3 is 17.6 Å². The Morgan fingerprint density at radius 1 is 0.628 bits per heavy atom. The molecule has 0 saturated heterocycles. The molecular weight excluding hydrogens is 596 g/mol. The minimum atomic E-state index is -2.59. The number of hydrogen-bond acceptors (Lipinski definition) is 14. The van der Waals surface area contributed by atoms with Gasteiger partial charge in [-0.05, 0) is 38.8 Å². The quantitative estimate of drug-likeness (QED) is 0.0467. The van der Waals surface area contributed by atoms with Crippen LogP contribution in [0.4, 0.5) is 0 Å². The van der Waals surface area contributed by atoms with Crippen LogP contribution in [0.15, 0.2) is 0 Å². The van der Waals surface area contributed by atoms with E-state index in [-0.39, 0.29) is 13.2 Å². The van der Waals surface area contributed by atoms with Gasteiger partial charge in [-0.15, -0.1) is 0 Å². The minimum absolute atomic E-state index is 0.278. The van der Waals surface area contributed by atoms with Crippen LogP contribution in [-0.2, 0) is 36.0 Å². The summed E-state index contributed by atoms with van der Waals surface area (Å²) >= 11 is 0. The van der Waals surface area contributed by atoms with Crippen LogP contribution in [-0.4, -0.2) is 166 Å². The monoisotopic (exact) mass is 660 g/mol. The summed E-state index contributed by atoms with van der Waals surface area (Å²) in [7, 11) is 4.43. The largest absolute Gasteiger partial charge is 0.500 e. The van der Waals surface area contributed by atoms with Gasteiger partial charge in [0.2, 0.25) is 0 Å². The van der Waals surface area contributed by atoms with E-state index in [9.17, 15) is 10.2 Å². The lowest BCUT2D eigenvalue weighted by Gasteiger charge is -2.26. The van der Waals surface area contributed by atoms with Gasteiger partial charge in [0, 0.05) is 107 Å². The van der Waals surface area contributed by atoms with E-state index in [0.29, 0.717) is 44.9 Å². The van der Waals surface area contributed by atoms with Crippen molar-refractivity contribution in [3.05, 3.63) is 0 Å². The SMILES string of the molecule is CO[Si](CCCOCC(O)CNCCCCCN(CCNCCN)CC(O)COCCC[Si](OC)(OC)OC)(OC)OC. The number of nitrogens with zero attached hydrogens (tertiary/aromatic N) is 1. The summed E-state index contributed by atoms with van der Waals surface area (Å²) in [5.74, 6) is 0. The van der Waals surface area contributed by atoms with Gasteiger partial charge in [0.25, 0.3) is 0 Å². The molecule has 260 valence electrons. The van der Waals surface area contributed by atoms with Gasteiger partial charge in [-0.2, -0.15) is 0 Å². The number of nitrogens with two attached hydrogens (primary N) is 1. The Balaban J connectivity index is 4.13. The molecule has 2 unspecified atom stereocenters. The Kier molecular flexibility index (Phi) is 28.0. The van der Waals surface area contributed by atoms with E-state index >= 15 is 0 Å². The summed E-state index contributed by atoms with van der Waals surface area (Å²) in [4.78, 5) is 2.27. The fourth-order valence-corrected chi connectivity index (χ4v) is 7.91. The Labute approximate surface area is 262 Å². The van der Waals surface area contributed by atoms with Gasteiger partial charge in [0.1, 0.15) is 0 Å². The molecule has 6 N–H and O–H groups in total. The maximum Gasteiger partial charge on any atom is 0.500 e. The van der Waals surface area contributed by atoms with Crippen LogP contribution in [0, 0.1) is 0 Å². The lowest BCUT2D eigenvalue weighted by molar-refractivity contribution is 0.0155. The van der Waals surface area contributed by atoms with E-state index in [2.05, 4.69) is 15.5 Å². The van der Waals surface area contributed by atoms with E-state index in [1.165, 1.54) is 0 Å². The highest BCUT2D eigenvalue weighted by Crippen LogP contribution is 2.15. The van der Waals surface area contributed by atoms with Crippen molar-refractivity contribution in [2.24, 2.45) is 5.73 Å². The normalized spacial score (nSPS) is 14.1. The fourth-order valence-electron chi connectivity index (χ4n) is 4.53. The standard InChI is InChI=1S/C27H64N4O10Si2/c1-34-42(35-2,36-3)20-10-18-40-24-26(32)22-30-13-8-7-9-16-31(17-15-29-14-12-28)23-27(33)25-41-19-11-21-43(37-4,38-5)39-6/h26-27,29-30,32-33H,7-25,28H2,1-6H3. The molecule has 0 aromatic heterocycles. The van der Waals surface area contributed by atoms with Crippen molar-refractivity contribution >= 4 is 17.6 Å². The average molecular weight is 661 g/mol. The number of ether oxygens (including phenoxy) is 2. The third-order valence-electron chi connectivity index (χ3n) is 7.13. The number of nitrogens with one attached hydrogen (secondary N) is 2. The lowest BCUT2D eigenvalue weighted by atomic mass is 10.2. The summed E-state index contributed by atoms with van der Waals surface area (Å²) in [5.41, 5.74) is 5.59. The number of rotatable bonds is 33. The average Bonchev–Trinajstić information content (AvgIpc) is 3.02. The molecule has 0 aliphatic carbocycles. The zero-order chi connectivity index (χ0) is 32.2. The first kappa shape index (κ1) is 42.9. The van der Waals surface area contributed by atoms with Crippen LogP contribution < -0.4 is 16.4 Å². The maximum absolute atomic E-state index is 10.6. The van der Waals surface area contributed by atoms with Gasteiger partial charge in [0.05, 0.1) is 25.4 Å². The lowest BCUT2D eigenvalue weighted by Crippen LogP contribution is -2.43. The molecule has 0 aliphatic heterocycles. The van der Waals surface area contributed by atoms with Crippen molar-refractivity contribution in [1.82, 2.24) is 15.5 Å².